The number of aryl methyl sites for hydroxylation is 1. The summed E-state index contributed by atoms with van der Waals surface area (Å²) in [5.41, 5.74) is 2.95. The number of hydrogen-bond acceptors (Lipinski definition) is 0. The molecule has 0 aliphatic heterocycles. The zero-order valence-electron chi connectivity index (χ0n) is 10.6. The van der Waals surface area contributed by atoms with Crippen LogP contribution >= 0.6 is 0 Å². The maximum absolute atomic E-state index is 2.30. The van der Waals surface area contributed by atoms with Crippen LogP contribution in [0.5, 0.6) is 0 Å². The lowest BCUT2D eigenvalue weighted by atomic mass is 10.0. The molecule has 0 heterocycles. The number of rotatable bonds is 3. The van der Waals surface area contributed by atoms with Crippen molar-refractivity contribution >= 4 is 0 Å². The number of hydrogen-bond donors (Lipinski definition) is 0. The summed E-state index contributed by atoms with van der Waals surface area (Å²) in [7, 11) is 0. The van der Waals surface area contributed by atoms with E-state index in [0.29, 0.717) is 5.92 Å². The van der Waals surface area contributed by atoms with Gasteiger partial charge in [-0.1, -0.05) is 50.2 Å². The van der Waals surface area contributed by atoms with Crippen LogP contribution in [0.2, 0.25) is 0 Å². The molecule has 1 heteroatoms. The van der Waals surface area contributed by atoms with Crippen LogP contribution in [0.3, 0.4) is 0 Å². The molecule has 88 valence electrons. The van der Waals surface area contributed by atoms with Crippen molar-refractivity contribution in [2.45, 2.75) is 26.7 Å². The summed E-state index contributed by atoms with van der Waals surface area (Å²) in [6.45, 7) is 6.77. The first-order valence-corrected chi connectivity index (χ1v) is 8.13. The van der Waals surface area contributed by atoms with Gasteiger partial charge in [-0.2, -0.15) is 0 Å². The van der Waals surface area contributed by atoms with Crippen LogP contribution in [-0.4, -0.2) is 0 Å². The van der Waals surface area contributed by atoms with Crippen LogP contribution in [0, 0.1) is 14.1 Å². The minimum absolute atomic E-state index is 0.0483. The minimum atomic E-state index is -0.0483. The summed E-state index contributed by atoms with van der Waals surface area (Å²) in [6.07, 6.45) is 0. The molecule has 0 saturated carbocycles. The molecular formula is C16H18I+. The normalized spacial score (nSPS) is 10.8. The highest BCUT2D eigenvalue weighted by molar-refractivity contribution is 5.18. The standard InChI is InChI=1S/C16H18I/c1-12(2)14-9-5-7-11-16(14)17-15-10-6-4-8-13(15)3/h4-12H,1-3H3/q+1. The van der Waals surface area contributed by atoms with Crippen LogP contribution < -0.4 is 21.2 Å². The van der Waals surface area contributed by atoms with E-state index in [9.17, 15) is 0 Å². The average molecular weight is 337 g/mol. The molecule has 0 N–H and O–H groups in total. The van der Waals surface area contributed by atoms with E-state index in [4.69, 9.17) is 0 Å². The second-order valence-corrected chi connectivity index (χ2v) is 7.38. The fourth-order valence-electron chi connectivity index (χ4n) is 1.80. The molecule has 0 saturated heterocycles. The molecule has 2 rings (SSSR count). The van der Waals surface area contributed by atoms with Crippen molar-refractivity contribution in [3.63, 3.8) is 0 Å². The average Bonchev–Trinajstić information content (AvgIpc) is 2.32. The second kappa shape index (κ2) is 5.67. The van der Waals surface area contributed by atoms with Crippen LogP contribution in [0.4, 0.5) is 0 Å². The third-order valence-electron chi connectivity index (χ3n) is 2.81. The molecule has 0 radical (unpaired) electrons. The first-order chi connectivity index (χ1) is 8.18. The van der Waals surface area contributed by atoms with E-state index < -0.39 is 0 Å². The van der Waals surface area contributed by atoms with E-state index in [1.54, 1.807) is 7.14 Å². The number of benzene rings is 2. The predicted molar refractivity (Wildman–Crippen MR) is 69.1 cm³/mol. The SMILES string of the molecule is Cc1ccccc1[I+]c1ccccc1C(C)C. The van der Waals surface area contributed by atoms with Gasteiger partial charge in [0.05, 0.1) is 0 Å². The Labute approximate surface area is 114 Å². The second-order valence-electron chi connectivity index (χ2n) is 4.52. The smallest absolute Gasteiger partial charge is 0.0617 e. The minimum Gasteiger partial charge on any atom is -0.0617 e. The molecule has 0 aliphatic rings. The molecule has 0 aromatic heterocycles. The van der Waals surface area contributed by atoms with Crippen molar-refractivity contribution in [2.24, 2.45) is 0 Å². The van der Waals surface area contributed by atoms with Gasteiger partial charge in [0, 0.05) is 11.1 Å². The monoisotopic (exact) mass is 337 g/mol. The molecule has 0 atom stereocenters. The molecule has 2 aromatic rings. The lowest BCUT2D eigenvalue weighted by molar-refractivity contribution is -0.599. The zero-order chi connectivity index (χ0) is 12.3. The Morgan fingerprint density at radius 1 is 0.824 bits per heavy atom. The summed E-state index contributed by atoms with van der Waals surface area (Å²) in [5, 5.41) is 0. The van der Waals surface area contributed by atoms with Crippen molar-refractivity contribution in [1.29, 1.82) is 0 Å². The third kappa shape index (κ3) is 3.09. The van der Waals surface area contributed by atoms with Crippen molar-refractivity contribution in [3.05, 3.63) is 66.8 Å². The lowest BCUT2D eigenvalue weighted by Crippen LogP contribution is -3.62. The van der Waals surface area contributed by atoms with E-state index in [2.05, 4.69) is 69.3 Å². The Bertz CT molecular complexity index is 500. The van der Waals surface area contributed by atoms with Gasteiger partial charge in [-0.3, -0.25) is 0 Å². The summed E-state index contributed by atoms with van der Waals surface area (Å²) in [5.74, 6) is 0.620. The van der Waals surface area contributed by atoms with E-state index in [-0.39, 0.29) is 21.2 Å². The Hall–Kier alpha value is -0.830. The van der Waals surface area contributed by atoms with Crippen LogP contribution in [-0.2, 0) is 0 Å². The third-order valence-corrected chi connectivity index (χ3v) is 6.16. The molecule has 0 amide bonds. The Kier molecular flexibility index (Phi) is 4.21. The van der Waals surface area contributed by atoms with Crippen molar-refractivity contribution < 1.29 is 21.2 Å². The molecule has 17 heavy (non-hydrogen) atoms. The lowest BCUT2D eigenvalue weighted by Gasteiger charge is -2.04. The summed E-state index contributed by atoms with van der Waals surface area (Å²) >= 11 is -0.0483. The largest absolute Gasteiger partial charge is 0.358 e. The van der Waals surface area contributed by atoms with Crippen molar-refractivity contribution in [2.75, 3.05) is 0 Å². The zero-order valence-corrected chi connectivity index (χ0v) is 12.7. The van der Waals surface area contributed by atoms with Crippen molar-refractivity contribution in [1.82, 2.24) is 0 Å². The van der Waals surface area contributed by atoms with Gasteiger partial charge < -0.3 is 0 Å². The molecular weight excluding hydrogens is 319 g/mol. The number of halogens is 1. The highest BCUT2D eigenvalue weighted by atomic mass is 127. The Morgan fingerprint density at radius 2 is 1.41 bits per heavy atom. The van der Waals surface area contributed by atoms with Gasteiger partial charge in [0.1, 0.15) is 0 Å². The van der Waals surface area contributed by atoms with E-state index in [0.717, 1.165) is 0 Å². The van der Waals surface area contributed by atoms with Gasteiger partial charge in [0.2, 0.25) is 0 Å². The summed E-state index contributed by atoms with van der Waals surface area (Å²) in [6, 6.07) is 17.7. The fourth-order valence-corrected chi connectivity index (χ4v) is 4.92. The van der Waals surface area contributed by atoms with Gasteiger partial charge in [-0.25, -0.2) is 0 Å². The van der Waals surface area contributed by atoms with E-state index in [1.807, 2.05) is 0 Å². The maximum atomic E-state index is 2.30. The quantitative estimate of drug-likeness (QED) is 0.740. The van der Waals surface area contributed by atoms with Gasteiger partial charge in [0.15, 0.2) is 7.14 Å². The van der Waals surface area contributed by atoms with Gasteiger partial charge in [-0.15, -0.1) is 0 Å². The first-order valence-electron chi connectivity index (χ1n) is 5.98. The molecule has 2 aromatic carbocycles. The molecule has 0 aliphatic carbocycles. The topological polar surface area (TPSA) is 0 Å². The fraction of sp³-hybridized carbons (Fsp3) is 0.250. The first kappa shape index (κ1) is 12.6. The van der Waals surface area contributed by atoms with Gasteiger partial charge in [-0.05, 0) is 25.0 Å². The van der Waals surface area contributed by atoms with E-state index >= 15 is 0 Å². The van der Waals surface area contributed by atoms with Crippen LogP contribution in [0.15, 0.2) is 48.5 Å². The Balaban J connectivity index is 2.34. The molecule has 0 unspecified atom stereocenters. The maximum Gasteiger partial charge on any atom is 0.358 e. The molecule has 0 bridgehead atoms. The van der Waals surface area contributed by atoms with Gasteiger partial charge >= 0.3 is 21.2 Å². The predicted octanol–water partition coefficient (Wildman–Crippen LogP) is 1.25. The van der Waals surface area contributed by atoms with Crippen LogP contribution in [0.25, 0.3) is 0 Å². The highest BCUT2D eigenvalue weighted by Crippen LogP contribution is 2.12. The van der Waals surface area contributed by atoms with E-state index in [1.165, 1.54) is 11.1 Å². The Morgan fingerprint density at radius 3 is 2.06 bits per heavy atom. The highest BCUT2D eigenvalue weighted by Gasteiger charge is 2.22. The van der Waals surface area contributed by atoms with Gasteiger partial charge in [0.25, 0.3) is 0 Å². The molecule has 0 spiro atoms. The summed E-state index contributed by atoms with van der Waals surface area (Å²) in [4.78, 5) is 0. The molecule has 0 nitrogen and oxygen atoms in total. The van der Waals surface area contributed by atoms with Crippen molar-refractivity contribution in [3.8, 4) is 0 Å². The van der Waals surface area contributed by atoms with Crippen LogP contribution in [0.1, 0.15) is 30.9 Å². The summed E-state index contributed by atoms with van der Waals surface area (Å²) < 4.78 is 3.11. The molecule has 0 fully saturated rings.